The molecule has 1 aromatic heterocycles. The minimum atomic E-state index is -0.799. The molecule has 1 saturated heterocycles. The van der Waals surface area contributed by atoms with Crippen LogP contribution in [0.2, 0.25) is 4.47 Å². The second-order valence-corrected chi connectivity index (χ2v) is 5.36. The summed E-state index contributed by atoms with van der Waals surface area (Å²) in [5.74, 6) is -0.799. The van der Waals surface area contributed by atoms with E-state index in [2.05, 4.69) is 15.2 Å². The molecule has 2 N–H and O–H groups in total. The van der Waals surface area contributed by atoms with E-state index < -0.39 is 12.0 Å². The number of aliphatic carboxylic acids is 1. The third kappa shape index (κ3) is 2.91. The topological polar surface area (TPSA) is 65.5 Å². The predicted octanol–water partition coefficient (Wildman–Crippen LogP) is 0.655. The van der Waals surface area contributed by atoms with Crippen molar-refractivity contribution in [1.29, 1.82) is 0 Å². The molecule has 0 aromatic carbocycles. The van der Waals surface area contributed by atoms with Crippen LogP contribution < -0.4 is 5.32 Å². The maximum atomic E-state index is 10.8. The molecule has 1 aliphatic heterocycles. The van der Waals surface area contributed by atoms with Gasteiger partial charge in [0.05, 0.1) is 0 Å². The lowest BCUT2D eigenvalue weighted by Crippen LogP contribution is -2.53. The van der Waals surface area contributed by atoms with Crippen LogP contribution in [0.25, 0.3) is 0 Å². The number of carbonyl (C=O) groups is 1. The Kier molecular flexibility index (Phi) is 3.75. The number of nitrogens with zero attached hydrogens (tertiary/aromatic N) is 2. The molecule has 88 valence electrons. The number of thiazole rings is 1. The summed E-state index contributed by atoms with van der Waals surface area (Å²) < 4.78 is 0.528. The third-order valence-electron chi connectivity index (χ3n) is 2.46. The molecule has 2 rings (SSSR count). The molecule has 7 heteroatoms. The highest BCUT2D eigenvalue weighted by molar-refractivity contribution is 7.15. The number of halogens is 1. The van der Waals surface area contributed by atoms with E-state index in [1.54, 1.807) is 6.20 Å². The van der Waals surface area contributed by atoms with E-state index in [4.69, 9.17) is 16.7 Å². The van der Waals surface area contributed by atoms with Crippen molar-refractivity contribution in [2.75, 3.05) is 19.6 Å². The van der Waals surface area contributed by atoms with Gasteiger partial charge in [-0.15, -0.1) is 11.3 Å². The van der Waals surface area contributed by atoms with Gasteiger partial charge in [0.1, 0.15) is 6.04 Å². The molecule has 1 atom stereocenters. The lowest BCUT2D eigenvalue weighted by molar-refractivity contribution is -0.140. The van der Waals surface area contributed by atoms with Gasteiger partial charge in [-0.05, 0) is 0 Å². The van der Waals surface area contributed by atoms with Crippen molar-refractivity contribution in [3.8, 4) is 0 Å². The number of nitrogens with one attached hydrogen (secondary N) is 1. The fraction of sp³-hybridized carbons (Fsp3) is 0.556. The molecule has 16 heavy (non-hydrogen) atoms. The molecule has 0 bridgehead atoms. The van der Waals surface area contributed by atoms with Crippen LogP contribution in [0, 0.1) is 0 Å². The summed E-state index contributed by atoms with van der Waals surface area (Å²) in [5.41, 5.74) is 0. The van der Waals surface area contributed by atoms with Crippen LogP contribution in [0.5, 0.6) is 0 Å². The Morgan fingerprint density at radius 2 is 2.62 bits per heavy atom. The monoisotopic (exact) mass is 261 g/mol. The molecular formula is C9H12ClN3O2S. The smallest absolute Gasteiger partial charge is 0.322 e. The zero-order chi connectivity index (χ0) is 11.5. The number of carboxylic acid groups (broad SMARTS) is 1. The van der Waals surface area contributed by atoms with Gasteiger partial charge in [0.2, 0.25) is 0 Å². The summed E-state index contributed by atoms with van der Waals surface area (Å²) in [6.45, 7) is 2.78. The lowest BCUT2D eigenvalue weighted by atomic mass is 10.2. The second-order valence-electron chi connectivity index (χ2n) is 3.66. The third-order valence-corrected chi connectivity index (χ3v) is 3.56. The van der Waals surface area contributed by atoms with Crippen LogP contribution >= 0.6 is 22.9 Å². The number of piperazine rings is 1. The average Bonchev–Trinajstić information content (AvgIpc) is 2.64. The first kappa shape index (κ1) is 11.8. The first-order chi connectivity index (χ1) is 7.65. The highest BCUT2D eigenvalue weighted by atomic mass is 35.5. The van der Waals surface area contributed by atoms with E-state index in [0.717, 1.165) is 18.0 Å². The van der Waals surface area contributed by atoms with Crippen molar-refractivity contribution in [3.05, 3.63) is 15.5 Å². The standard InChI is InChI=1S/C9H12ClN3O2S/c10-9-12-3-6(16-9)4-13-2-1-11-7(5-13)8(14)15/h3,7,11H,1-2,4-5H2,(H,14,15). The van der Waals surface area contributed by atoms with Crippen molar-refractivity contribution < 1.29 is 9.90 Å². The molecule has 1 aromatic rings. The first-order valence-electron chi connectivity index (χ1n) is 4.94. The molecule has 1 fully saturated rings. The van der Waals surface area contributed by atoms with E-state index in [1.807, 2.05) is 0 Å². The van der Waals surface area contributed by atoms with Crippen LogP contribution in [0.4, 0.5) is 0 Å². The van der Waals surface area contributed by atoms with Crippen LogP contribution in [0.3, 0.4) is 0 Å². The summed E-state index contributed by atoms with van der Waals surface area (Å²) in [6, 6.07) is -0.475. The Morgan fingerprint density at radius 1 is 1.81 bits per heavy atom. The molecule has 5 nitrogen and oxygen atoms in total. The zero-order valence-corrected chi connectivity index (χ0v) is 10.1. The van der Waals surface area contributed by atoms with Crippen molar-refractivity contribution >= 4 is 28.9 Å². The van der Waals surface area contributed by atoms with Crippen LogP contribution in [-0.2, 0) is 11.3 Å². The molecule has 1 unspecified atom stereocenters. The fourth-order valence-corrected chi connectivity index (χ4v) is 2.72. The van der Waals surface area contributed by atoms with Gasteiger partial charge in [0.15, 0.2) is 4.47 Å². The summed E-state index contributed by atoms with van der Waals surface area (Å²) in [5, 5.41) is 11.9. The van der Waals surface area contributed by atoms with Crippen molar-refractivity contribution in [2.24, 2.45) is 0 Å². The van der Waals surface area contributed by atoms with Gasteiger partial charge in [-0.2, -0.15) is 0 Å². The highest BCUT2D eigenvalue weighted by Gasteiger charge is 2.24. The van der Waals surface area contributed by atoms with Gasteiger partial charge in [-0.1, -0.05) is 11.6 Å². The van der Waals surface area contributed by atoms with E-state index in [9.17, 15) is 4.79 Å². The molecule has 0 spiro atoms. The minimum Gasteiger partial charge on any atom is -0.480 e. The molecular weight excluding hydrogens is 250 g/mol. The minimum absolute atomic E-state index is 0.475. The Morgan fingerprint density at radius 3 is 3.25 bits per heavy atom. The van der Waals surface area contributed by atoms with Gasteiger partial charge < -0.3 is 10.4 Å². The first-order valence-corrected chi connectivity index (χ1v) is 6.13. The Balaban J connectivity index is 1.92. The van der Waals surface area contributed by atoms with Gasteiger partial charge in [0, 0.05) is 37.3 Å². The van der Waals surface area contributed by atoms with Gasteiger partial charge in [-0.25, -0.2) is 4.98 Å². The molecule has 2 heterocycles. The SMILES string of the molecule is O=C(O)C1CN(Cc2cnc(Cl)s2)CCN1. The van der Waals surface area contributed by atoms with E-state index in [1.165, 1.54) is 11.3 Å². The quantitative estimate of drug-likeness (QED) is 0.837. The number of aromatic nitrogens is 1. The number of carboxylic acids is 1. The van der Waals surface area contributed by atoms with Crippen molar-refractivity contribution in [1.82, 2.24) is 15.2 Å². The molecule has 0 amide bonds. The van der Waals surface area contributed by atoms with E-state index >= 15 is 0 Å². The summed E-state index contributed by atoms with van der Waals surface area (Å²) in [6.07, 6.45) is 1.74. The molecule has 0 radical (unpaired) electrons. The van der Waals surface area contributed by atoms with E-state index in [0.29, 0.717) is 17.6 Å². The highest BCUT2D eigenvalue weighted by Crippen LogP contribution is 2.19. The Hall–Kier alpha value is -0.690. The molecule has 0 aliphatic carbocycles. The maximum Gasteiger partial charge on any atom is 0.322 e. The number of hydrogen-bond donors (Lipinski definition) is 2. The van der Waals surface area contributed by atoms with E-state index in [-0.39, 0.29) is 0 Å². The van der Waals surface area contributed by atoms with Crippen LogP contribution in [0.1, 0.15) is 4.88 Å². The van der Waals surface area contributed by atoms with Crippen LogP contribution in [-0.4, -0.2) is 46.6 Å². The molecule has 0 saturated carbocycles. The van der Waals surface area contributed by atoms with Gasteiger partial charge in [-0.3, -0.25) is 9.69 Å². The Bertz CT molecular complexity index is 385. The summed E-state index contributed by atoms with van der Waals surface area (Å²) in [7, 11) is 0. The van der Waals surface area contributed by atoms with Gasteiger partial charge >= 0.3 is 5.97 Å². The molecule has 1 aliphatic rings. The fourth-order valence-electron chi connectivity index (χ4n) is 1.70. The average molecular weight is 262 g/mol. The van der Waals surface area contributed by atoms with Gasteiger partial charge in [0.25, 0.3) is 0 Å². The maximum absolute atomic E-state index is 10.8. The van der Waals surface area contributed by atoms with Crippen molar-refractivity contribution in [3.63, 3.8) is 0 Å². The van der Waals surface area contributed by atoms with Crippen LogP contribution in [0.15, 0.2) is 6.20 Å². The zero-order valence-electron chi connectivity index (χ0n) is 8.52. The number of hydrogen-bond acceptors (Lipinski definition) is 5. The normalized spacial score (nSPS) is 22.2. The largest absolute Gasteiger partial charge is 0.480 e. The predicted molar refractivity (Wildman–Crippen MR) is 61.8 cm³/mol. The Labute approximate surface area is 102 Å². The second kappa shape index (κ2) is 5.09. The number of rotatable bonds is 3. The lowest BCUT2D eigenvalue weighted by Gasteiger charge is -2.30. The van der Waals surface area contributed by atoms with Crippen molar-refractivity contribution in [2.45, 2.75) is 12.6 Å². The summed E-state index contributed by atoms with van der Waals surface area (Å²) >= 11 is 7.18. The summed E-state index contributed by atoms with van der Waals surface area (Å²) in [4.78, 5) is 18.0.